The van der Waals surface area contributed by atoms with E-state index in [0.29, 0.717) is 18.8 Å². The maximum absolute atomic E-state index is 13.0. The summed E-state index contributed by atoms with van der Waals surface area (Å²) in [6.07, 6.45) is 3.60. The van der Waals surface area contributed by atoms with Crippen LogP contribution in [0.1, 0.15) is 87.0 Å². The Labute approximate surface area is 220 Å². The minimum Gasteiger partial charge on any atom is -0.465 e. The van der Waals surface area contributed by atoms with Gasteiger partial charge in [0.2, 0.25) is 6.29 Å². The molecule has 0 amide bonds. The molecule has 4 rings (SSSR count). The predicted molar refractivity (Wildman–Crippen MR) is 134 cm³/mol. The van der Waals surface area contributed by atoms with Crippen LogP contribution in [0, 0.1) is 45.8 Å². The van der Waals surface area contributed by atoms with Gasteiger partial charge in [-0.3, -0.25) is 14.4 Å². The number of carbonyl (C=O) groups is 4. The van der Waals surface area contributed by atoms with Crippen molar-refractivity contribution >= 4 is 24.2 Å². The summed E-state index contributed by atoms with van der Waals surface area (Å²) < 4.78 is 23.9. The van der Waals surface area contributed by atoms with Crippen LogP contribution in [0.4, 0.5) is 0 Å². The van der Waals surface area contributed by atoms with Crippen molar-refractivity contribution in [2.24, 2.45) is 45.8 Å². The lowest BCUT2D eigenvalue weighted by atomic mass is 9.38. The summed E-state index contributed by atoms with van der Waals surface area (Å²) in [5.74, 6) is -2.30. The van der Waals surface area contributed by atoms with Crippen LogP contribution in [-0.2, 0) is 38.1 Å². The molecule has 0 aromatic carbocycles. The molecule has 0 radical (unpaired) electrons. The molecule has 8 nitrogen and oxygen atoms in total. The predicted octanol–water partition coefficient (Wildman–Crippen LogP) is 4.47. The lowest BCUT2D eigenvalue weighted by molar-refractivity contribution is -0.237. The summed E-state index contributed by atoms with van der Waals surface area (Å²) >= 11 is 0. The normalized spacial score (nSPS) is 41.8. The van der Waals surface area contributed by atoms with Crippen molar-refractivity contribution in [2.75, 3.05) is 6.61 Å². The van der Waals surface area contributed by atoms with Crippen LogP contribution < -0.4 is 0 Å². The first-order chi connectivity index (χ1) is 17.3. The Hall–Kier alpha value is -1.96. The molecular formula is C29H44O8. The van der Waals surface area contributed by atoms with E-state index in [4.69, 9.17) is 18.9 Å². The maximum Gasteiger partial charge on any atom is 0.306 e. The van der Waals surface area contributed by atoms with E-state index >= 15 is 0 Å². The Kier molecular flexibility index (Phi) is 7.56. The Balaban J connectivity index is 1.85. The zero-order chi connectivity index (χ0) is 27.3. The van der Waals surface area contributed by atoms with Crippen molar-refractivity contribution in [3.05, 3.63) is 0 Å². The zero-order valence-electron chi connectivity index (χ0n) is 23.4. The number of carbonyl (C=O) groups excluding carboxylic acids is 4. The molecule has 208 valence electrons. The van der Waals surface area contributed by atoms with Crippen LogP contribution >= 0.6 is 0 Å². The van der Waals surface area contributed by atoms with Crippen molar-refractivity contribution in [3.8, 4) is 0 Å². The highest BCUT2D eigenvalue weighted by atomic mass is 16.7. The van der Waals surface area contributed by atoms with E-state index in [1.165, 1.54) is 13.8 Å². The molecule has 3 saturated carbocycles. The molecule has 1 saturated heterocycles. The molecule has 2 bridgehead atoms. The van der Waals surface area contributed by atoms with Gasteiger partial charge in [-0.05, 0) is 48.3 Å². The monoisotopic (exact) mass is 520 g/mol. The van der Waals surface area contributed by atoms with Crippen LogP contribution in [0.5, 0.6) is 0 Å². The molecule has 3 aliphatic carbocycles. The third-order valence-electron chi connectivity index (χ3n) is 10.0. The molecular weight excluding hydrogens is 476 g/mol. The Morgan fingerprint density at radius 3 is 2.30 bits per heavy atom. The van der Waals surface area contributed by atoms with Gasteiger partial charge >= 0.3 is 17.9 Å². The van der Waals surface area contributed by atoms with Crippen molar-refractivity contribution in [1.29, 1.82) is 0 Å². The summed E-state index contributed by atoms with van der Waals surface area (Å²) in [4.78, 5) is 50.0. The van der Waals surface area contributed by atoms with Crippen molar-refractivity contribution in [3.63, 3.8) is 0 Å². The molecule has 4 fully saturated rings. The Bertz CT molecular complexity index is 927. The van der Waals surface area contributed by atoms with Gasteiger partial charge in [-0.1, -0.05) is 41.0 Å². The van der Waals surface area contributed by atoms with E-state index in [1.54, 1.807) is 0 Å². The van der Waals surface area contributed by atoms with Gasteiger partial charge in [0.25, 0.3) is 0 Å². The first-order valence-corrected chi connectivity index (χ1v) is 13.9. The second-order valence-corrected chi connectivity index (χ2v) is 13.3. The van der Waals surface area contributed by atoms with Crippen LogP contribution in [0.15, 0.2) is 0 Å². The largest absolute Gasteiger partial charge is 0.465 e. The van der Waals surface area contributed by atoms with E-state index in [-0.39, 0.29) is 35.2 Å². The molecule has 0 N–H and O–H groups in total. The zero-order valence-corrected chi connectivity index (χ0v) is 23.4. The number of hydrogen-bond acceptors (Lipinski definition) is 8. The standard InChI is InChI=1S/C29H44O8/c1-16(2)13-21(33)34-15-29-12-9-20-27(5,6)10-8-11-28(20,7)25(29)24-23(35-17(3)31)22(19(29)14-30)26(37-24)36-18(4)32/h14,16,19-20,22-26H,8-13,15H2,1-7H3/t19-,20+,22+,23-,24+,25-,26+,28+,29-/m1/s1. The Morgan fingerprint density at radius 2 is 1.70 bits per heavy atom. The minimum absolute atomic E-state index is 0.0891. The van der Waals surface area contributed by atoms with Crippen molar-refractivity contribution in [1.82, 2.24) is 0 Å². The molecule has 8 heteroatoms. The molecule has 1 heterocycles. The first-order valence-electron chi connectivity index (χ1n) is 13.9. The van der Waals surface area contributed by atoms with Gasteiger partial charge in [0, 0.05) is 37.5 Å². The number of hydrogen-bond donors (Lipinski definition) is 0. The van der Waals surface area contributed by atoms with Crippen LogP contribution in [0.3, 0.4) is 0 Å². The first kappa shape index (κ1) is 28.1. The Morgan fingerprint density at radius 1 is 1.03 bits per heavy atom. The van der Waals surface area contributed by atoms with Crippen molar-refractivity contribution in [2.45, 2.75) is 105 Å². The van der Waals surface area contributed by atoms with Gasteiger partial charge in [-0.15, -0.1) is 0 Å². The van der Waals surface area contributed by atoms with Gasteiger partial charge in [0.05, 0.1) is 12.5 Å². The fraction of sp³-hybridized carbons (Fsp3) is 0.862. The van der Waals surface area contributed by atoms with Gasteiger partial charge in [0.1, 0.15) is 18.5 Å². The quantitative estimate of drug-likeness (QED) is 0.275. The minimum atomic E-state index is -1.01. The van der Waals surface area contributed by atoms with Gasteiger partial charge in [-0.25, -0.2) is 0 Å². The third-order valence-corrected chi connectivity index (χ3v) is 10.0. The lowest BCUT2D eigenvalue weighted by Crippen LogP contribution is -2.68. The summed E-state index contributed by atoms with van der Waals surface area (Å²) in [6, 6.07) is 0. The number of rotatable bonds is 7. The maximum atomic E-state index is 13.0. The fourth-order valence-corrected chi connectivity index (χ4v) is 8.98. The highest BCUT2D eigenvalue weighted by molar-refractivity contribution is 5.70. The average Bonchev–Trinajstić information content (AvgIpc) is 3.00. The molecule has 0 aromatic heterocycles. The summed E-state index contributed by atoms with van der Waals surface area (Å²) in [6.45, 7) is 13.6. The molecule has 9 atom stereocenters. The van der Waals surface area contributed by atoms with Crippen LogP contribution in [0.2, 0.25) is 0 Å². The van der Waals surface area contributed by atoms with Gasteiger partial charge in [-0.2, -0.15) is 0 Å². The van der Waals surface area contributed by atoms with Crippen LogP contribution in [-0.4, -0.2) is 49.3 Å². The highest BCUT2D eigenvalue weighted by Crippen LogP contribution is 2.71. The number of ether oxygens (including phenoxy) is 4. The SMILES string of the molecule is CC(=O)O[C@H]1O[C@H]2[C@H](OC(C)=O)[C@@H]1[C@@H](C=O)[C@]1(COC(=O)CC(C)C)CC[C@H]3C(C)(C)CCC[C@]3(C)[C@@H]21. The van der Waals surface area contributed by atoms with Crippen molar-refractivity contribution < 1.29 is 38.1 Å². The number of esters is 3. The second kappa shape index (κ2) is 9.97. The van der Waals surface area contributed by atoms with E-state index in [2.05, 4.69) is 20.8 Å². The van der Waals surface area contributed by atoms with Crippen LogP contribution in [0.25, 0.3) is 0 Å². The lowest BCUT2D eigenvalue weighted by Gasteiger charge is -2.66. The van der Waals surface area contributed by atoms with E-state index in [1.807, 2.05) is 13.8 Å². The third kappa shape index (κ3) is 4.72. The van der Waals surface area contributed by atoms with E-state index in [9.17, 15) is 19.2 Å². The molecule has 37 heavy (non-hydrogen) atoms. The molecule has 0 aromatic rings. The van der Waals surface area contributed by atoms with E-state index < -0.39 is 47.7 Å². The number of aldehydes is 1. The molecule has 4 aliphatic rings. The van der Waals surface area contributed by atoms with E-state index in [0.717, 1.165) is 32.0 Å². The summed E-state index contributed by atoms with van der Waals surface area (Å²) in [5, 5.41) is 0. The molecule has 1 aliphatic heterocycles. The fourth-order valence-electron chi connectivity index (χ4n) is 8.98. The second-order valence-electron chi connectivity index (χ2n) is 13.3. The highest BCUT2D eigenvalue weighted by Gasteiger charge is 2.74. The number of fused-ring (bicyclic) bond motifs is 6. The topological polar surface area (TPSA) is 105 Å². The van der Waals surface area contributed by atoms with Gasteiger partial charge < -0.3 is 23.7 Å². The summed E-state index contributed by atoms with van der Waals surface area (Å²) in [5.41, 5.74) is -0.857. The molecule has 0 spiro atoms. The average molecular weight is 521 g/mol. The molecule has 0 unspecified atom stereocenters. The smallest absolute Gasteiger partial charge is 0.306 e. The van der Waals surface area contributed by atoms with Gasteiger partial charge in [0.15, 0.2) is 0 Å². The summed E-state index contributed by atoms with van der Waals surface area (Å²) in [7, 11) is 0.